The zero-order chi connectivity index (χ0) is 13.0. The molecule has 0 spiro atoms. The van der Waals surface area contributed by atoms with E-state index in [2.05, 4.69) is 23.9 Å². The number of hydrogen-bond acceptors (Lipinski definition) is 4. The van der Waals surface area contributed by atoms with E-state index in [1.807, 2.05) is 16.4 Å². The Bertz CT molecular complexity index is 397. The van der Waals surface area contributed by atoms with E-state index in [0.717, 1.165) is 5.82 Å². The lowest BCUT2D eigenvalue weighted by molar-refractivity contribution is -0.119. The smallest absolute Gasteiger partial charge is 0.140 e. The van der Waals surface area contributed by atoms with Gasteiger partial charge < -0.3 is 0 Å². The highest BCUT2D eigenvalue weighted by molar-refractivity contribution is 7.99. The lowest BCUT2D eigenvalue weighted by Crippen LogP contribution is -2.18. The van der Waals surface area contributed by atoms with Gasteiger partial charge in [0.2, 0.25) is 0 Å². The van der Waals surface area contributed by atoms with Gasteiger partial charge >= 0.3 is 0 Å². The summed E-state index contributed by atoms with van der Waals surface area (Å²) in [6.45, 7) is 4.11. The Morgan fingerprint density at radius 3 is 2.89 bits per heavy atom. The van der Waals surface area contributed by atoms with Gasteiger partial charge in [0.15, 0.2) is 0 Å². The van der Waals surface area contributed by atoms with Crippen LogP contribution >= 0.6 is 11.8 Å². The van der Waals surface area contributed by atoms with E-state index in [4.69, 9.17) is 0 Å². The first-order valence-electron chi connectivity index (χ1n) is 6.64. The molecule has 0 N–H and O–H groups in total. The molecule has 18 heavy (non-hydrogen) atoms. The topological polar surface area (TPSA) is 47.8 Å². The van der Waals surface area contributed by atoms with Crippen LogP contribution in [0.2, 0.25) is 0 Å². The highest BCUT2D eigenvalue weighted by atomic mass is 32.2. The highest BCUT2D eigenvalue weighted by Gasteiger charge is 2.19. The number of hydrogen-bond donors (Lipinski definition) is 0. The van der Waals surface area contributed by atoms with Crippen LogP contribution in [0, 0.1) is 5.92 Å². The maximum atomic E-state index is 12.1. The van der Waals surface area contributed by atoms with Gasteiger partial charge in [0.05, 0.1) is 6.42 Å². The van der Waals surface area contributed by atoms with Crippen LogP contribution in [-0.4, -0.2) is 32.1 Å². The molecule has 0 unspecified atom stereocenters. The Balaban J connectivity index is 1.88. The predicted octanol–water partition coefficient (Wildman–Crippen LogP) is 2.50. The molecule has 1 fully saturated rings. The van der Waals surface area contributed by atoms with Crippen molar-refractivity contribution in [3.8, 4) is 0 Å². The predicted molar refractivity (Wildman–Crippen MR) is 73.8 cm³/mol. The van der Waals surface area contributed by atoms with Crippen molar-refractivity contribution in [1.29, 1.82) is 0 Å². The molecule has 1 saturated heterocycles. The summed E-state index contributed by atoms with van der Waals surface area (Å²) in [5, 5.41) is 4.17. The van der Waals surface area contributed by atoms with Crippen LogP contribution in [0.4, 0.5) is 0 Å². The molecule has 0 saturated carbocycles. The first-order chi connectivity index (χ1) is 8.66. The average Bonchev–Trinajstić information content (AvgIpc) is 2.78. The Kier molecular flexibility index (Phi) is 4.80. The first kappa shape index (κ1) is 13.6. The molecule has 1 aromatic rings. The molecule has 0 atom stereocenters. The third-order valence-corrected chi connectivity index (χ3v) is 4.40. The molecule has 0 aromatic carbocycles. The molecule has 1 aromatic heterocycles. The second-order valence-electron chi connectivity index (χ2n) is 5.19. The molecule has 5 heteroatoms. The Morgan fingerprint density at radius 1 is 1.50 bits per heavy atom. The van der Waals surface area contributed by atoms with Crippen molar-refractivity contribution in [1.82, 2.24) is 14.8 Å². The van der Waals surface area contributed by atoms with Gasteiger partial charge in [0.25, 0.3) is 0 Å². The summed E-state index contributed by atoms with van der Waals surface area (Å²) < 4.78 is 1.84. The Labute approximate surface area is 113 Å². The number of aromatic nitrogens is 3. The van der Waals surface area contributed by atoms with E-state index in [-0.39, 0.29) is 6.04 Å². The molecule has 0 bridgehead atoms. The maximum Gasteiger partial charge on any atom is 0.140 e. The molecular formula is C13H21N3OS. The van der Waals surface area contributed by atoms with Crippen molar-refractivity contribution in [2.75, 3.05) is 11.5 Å². The van der Waals surface area contributed by atoms with Gasteiger partial charge in [-0.2, -0.15) is 16.9 Å². The van der Waals surface area contributed by atoms with Crippen molar-refractivity contribution < 1.29 is 4.79 Å². The number of ketones is 1. The average molecular weight is 267 g/mol. The minimum absolute atomic E-state index is 0.265. The van der Waals surface area contributed by atoms with Crippen LogP contribution in [0.5, 0.6) is 0 Å². The molecule has 0 amide bonds. The molecular weight excluding hydrogens is 246 g/mol. The second kappa shape index (κ2) is 6.36. The summed E-state index contributed by atoms with van der Waals surface area (Å²) in [6, 6.07) is 0.265. The summed E-state index contributed by atoms with van der Waals surface area (Å²) in [7, 11) is 0. The molecule has 100 valence electrons. The fourth-order valence-corrected chi connectivity index (χ4v) is 3.56. The van der Waals surface area contributed by atoms with E-state index in [1.165, 1.54) is 24.3 Å². The van der Waals surface area contributed by atoms with Gasteiger partial charge in [-0.3, -0.25) is 4.79 Å². The van der Waals surface area contributed by atoms with E-state index >= 15 is 0 Å². The Morgan fingerprint density at radius 2 is 2.22 bits per heavy atom. The minimum atomic E-state index is 0.265. The van der Waals surface area contributed by atoms with E-state index in [9.17, 15) is 4.79 Å². The minimum Gasteiger partial charge on any atom is -0.299 e. The highest BCUT2D eigenvalue weighted by Crippen LogP contribution is 2.25. The van der Waals surface area contributed by atoms with Crippen LogP contribution in [0.25, 0.3) is 0 Å². The normalized spacial score (nSPS) is 17.3. The fraction of sp³-hybridized carbons (Fsp3) is 0.769. The fourth-order valence-electron chi connectivity index (χ4n) is 2.35. The number of nitrogens with zero attached hydrogens (tertiary/aromatic N) is 3. The lowest BCUT2D eigenvalue weighted by atomic mass is 9.95. The zero-order valence-electron chi connectivity index (χ0n) is 11.1. The van der Waals surface area contributed by atoms with Crippen LogP contribution in [-0.2, 0) is 11.2 Å². The van der Waals surface area contributed by atoms with Crippen molar-refractivity contribution in [3.05, 3.63) is 12.2 Å². The first-order valence-corrected chi connectivity index (χ1v) is 7.80. The number of rotatable bonds is 5. The van der Waals surface area contributed by atoms with Crippen LogP contribution < -0.4 is 0 Å². The van der Waals surface area contributed by atoms with Gasteiger partial charge in [-0.05, 0) is 44.1 Å². The maximum absolute atomic E-state index is 12.1. The third kappa shape index (κ3) is 3.57. The van der Waals surface area contributed by atoms with Crippen LogP contribution in [0.15, 0.2) is 6.33 Å². The molecule has 2 heterocycles. The second-order valence-corrected chi connectivity index (χ2v) is 6.41. The van der Waals surface area contributed by atoms with Gasteiger partial charge in [0, 0.05) is 12.5 Å². The zero-order valence-corrected chi connectivity index (χ0v) is 11.9. The van der Waals surface area contributed by atoms with Gasteiger partial charge in [-0.25, -0.2) is 9.67 Å². The summed E-state index contributed by atoms with van der Waals surface area (Å²) in [5.41, 5.74) is 0. The molecule has 2 rings (SSSR count). The lowest BCUT2D eigenvalue weighted by Gasteiger charge is -2.20. The van der Waals surface area contributed by atoms with E-state index in [0.29, 0.717) is 24.5 Å². The Hall–Kier alpha value is -0.840. The third-order valence-electron chi connectivity index (χ3n) is 3.35. The van der Waals surface area contributed by atoms with E-state index < -0.39 is 0 Å². The quantitative estimate of drug-likeness (QED) is 0.822. The van der Waals surface area contributed by atoms with Crippen LogP contribution in [0.1, 0.15) is 45.0 Å². The summed E-state index contributed by atoms with van der Waals surface area (Å²) in [4.78, 5) is 16.3. The van der Waals surface area contributed by atoms with Crippen molar-refractivity contribution >= 4 is 17.5 Å². The summed E-state index contributed by atoms with van der Waals surface area (Å²) in [6.07, 6.45) is 5.06. The van der Waals surface area contributed by atoms with Crippen molar-refractivity contribution in [2.24, 2.45) is 5.92 Å². The monoisotopic (exact) mass is 267 g/mol. The number of carbonyl (C=O) groups is 1. The molecule has 4 nitrogen and oxygen atoms in total. The largest absolute Gasteiger partial charge is 0.299 e. The number of thioether (sulfide) groups is 1. The standard InChI is InChI=1S/C13H21N3OS/c1-10(2)16-13(14-9-15-16)8-12(17)7-11-3-5-18-6-4-11/h9-11H,3-8H2,1-2H3. The number of Topliss-reactive ketones (excluding diaryl/α,β-unsaturated/α-hetero) is 1. The van der Waals surface area contributed by atoms with Gasteiger partial charge in [-0.1, -0.05) is 0 Å². The molecule has 0 aliphatic carbocycles. The molecule has 1 aliphatic heterocycles. The molecule has 0 radical (unpaired) electrons. The van der Waals surface area contributed by atoms with E-state index in [1.54, 1.807) is 6.33 Å². The van der Waals surface area contributed by atoms with Gasteiger partial charge in [-0.15, -0.1) is 0 Å². The van der Waals surface area contributed by atoms with Crippen molar-refractivity contribution in [2.45, 2.75) is 45.6 Å². The van der Waals surface area contributed by atoms with Gasteiger partial charge in [0.1, 0.15) is 17.9 Å². The summed E-state index contributed by atoms with van der Waals surface area (Å²) >= 11 is 2.00. The van der Waals surface area contributed by atoms with Crippen molar-refractivity contribution in [3.63, 3.8) is 0 Å². The molecule has 1 aliphatic rings. The van der Waals surface area contributed by atoms with Crippen LogP contribution in [0.3, 0.4) is 0 Å². The number of carbonyl (C=O) groups excluding carboxylic acids is 1. The SMILES string of the molecule is CC(C)n1ncnc1CC(=O)CC1CCSCC1. The summed E-state index contributed by atoms with van der Waals surface area (Å²) in [5.74, 6) is 4.12.